The molecule has 0 spiro atoms. The number of piperidine rings is 1. The Balaban J connectivity index is 1.56. The number of imide groups is 1. The van der Waals surface area contributed by atoms with E-state index in [4.69, 9.17) is 18.9 Å². The fraction of sp³-hybridized carbons (Fsp3) is 0.419. The number of amides is 5. The Kier molecular flexibility index (Phi) is 12.7. The van der Waals surface area contributed by atoms with E-state index in [0.29, 0.717) is 24.9 Å². The van der Waals surface area contributed by atoms with Crippen molar-refractivity contribution in [3.8, 4) is 17.2 Å². The van der Waals surface area contributed by atoms with Crippen LogP contribution < -0.4 is 30.2 Å². The molecule has 0 bridgehead atoms. The number of rotatable bonds is 15. The van der Waals surface area contributed by atoms with Crippen molar-refractivity contribution >= 4 is 35.5 Å². The molecular formula is C31H38N4O10. The highest BCUT2D eigenvalue weighted by molar-refractivity contribution is 6.06. The zero-order chi connectivity index (χ0) is 32.9. The van der Waals surface area contributed by atoms with Crippen LogP contribution >= 0.6 is 0 Å². The molecule has 2 atom stereocenters. The molecule has 2 aromatic rings. The van der Waals surface area contributed by atoms with Gasteiger partial charge in [0.1, 0.15) is 18.6 Å². The van der Waals surface area contributed by atoms with Crippen molar-refractivity contribution in [1.29, 1.82) is 0 Å². The number of ether oxygens (including phenoxy) is 4. The molecule has 3 rings (SSSR count). The van der Waals surface area contributed by atoms with Crippen LogP contribution in [0.3, 0.4) is 0 Å². The quantitative estimate of drug-likeness (QED) is 0.148. The number of benzene rings is 2. The number of hydrogen-bond acceptors (Lipinski definition) is 10. The Bertz CT molecular complexity index is 1370. The van der Waals surface area contributed by atoms with Gasteiger partial charge >= 0.3 is 5.97 Å². The number of unbranched alkanes of at least 4 members (excludes halogenated alkanes) is 1. The maximum absolute atomic E-state index is 13.2. The Labute approximate surface area is 260 Å². The Morgan fingerprint density at radius 3 is 2.16 bits per heavy atom. The van der Waals surface area contributed by atoms with Crippen LogP contribution in [0.4, 0.5) is 0 Å². The molecule has 0 aliphatic carbocycles. The molecule has 0 unspecified atom stereocenters. The van der Waals surface area contributed by atoms with E-state index in [1.165, 1.54) is 40.6 Å². The lowest BCUT2D eigenvalue weighted by atomic mass is 10.0. The minimum atomic E-state index is -1.08. The van der Waals surface area contributed by atoms with E-state index in [0.717, 1.165) is 4.90 Å². The standard InChI is InChI=1S/C31H38N4O10/c1-42-23-16-20(17-24(43-2)27(23)44-3)29(39)34-21-13-14-26(37)35(30(21)40)18-25(36)33-22(31(41)45-4)12-8-9-15-32-28(38)19-10-6-5-7-11-19/h5-7,10-11,16-17,21-22H,8-9,12-15,18H2,1-4H3,(H,32,38)(H,33,36)(H,34,39)/t21-,22-/m0/s1. The largest absolute Gasteiger partial charge is 0.493 e. The fourth-order valence-electron chi connectivity index (χ4n) is 4.73. The van der Waals surface area contributed by atoms with Crippen LogP contribution in [0.15, 0.2) is 42.5 Å². The van der Waals surface area contributed by atoms with Gasteiger partial charge in [-0.1, -0.05) is 18.2 Å². The lowest BCUT2D eigenvalue weighted by molar-refractivity contribution is -0.152. The van der Waals surface area contributed by atoms with Crippen LogP contribution in [0.2, 0.25) is 0 Å². The van der Waals surface area contributed by atoms with Crippen LogP contribution in [0.25, 0.3) is 0 Å². The molecule has 2 aromatic carbocycles. The zero-order valence-corrected chi connectivity index (χ0v) is 25.7. The van der Waals surface area contributed by atoms with E-state index in [1.807, 2.05) is 6.07 Å². The van der Waals surface area contributed by atoms with Crippen LogP contribution in [-0.4, -0.2) is 94.0 Å². The summed E-state index contributed by atoms with van der Waals surface area (Å²) in [5, 5.41) is 7.92. The van der Waals surface area contributed by atoms with Crippen molar-refractivity contribution in [2.45, 2.75) is 44.2 Å². The second-order valence-corrected chi connectivity index (χ2v) is 10.1. The summed E-state index contributed by atoms with van der Waals surface area (Å²) in [6.45, 7) is -0.287. The molecule has 0 radical (unpaired) electrons. The molecule has 14 heteroatoms. The van der Waals surface area contributed by atoms with Gasteiger partial charge in [0.2, 0.25) is 17.6 Å². The number of likely N-dealkylation sites (tertiary alicyclic amines) is 1. The third-order valence-corrected chi connectivity index (χ3v) is 7.11. The summed E-state index contributed by atoms with van der Waals surface area (Å²) in [5.74, 6) is -2.87. The molecule has 14 nitrogen and oxygen atoms in total. The molecule has 1 heterocycles. The molecule has 0 aromatic heterocycles. The summed E-state index contributed by atoms with van der Waals surface area (Å²) in [7, 11) is 5.40. The minimum Gasteiger partial charge on any atom is -0.493 e. The van der Waals surface area contributed by atoms with Gasteiger partial charge in [-0.05, 0) is 49.9 Å². The van der Waals surface area contributed by atoms with Crippen LogP contribution in [0.5, 0.6) is 17.2 Å². The van der Waals surface area contributed by atoms with Gasteiger partial charge in [0.25, 0.3) is 17.7 Å². The van der Waals surface area contributed by atoms with Crippen LogP contribution in [-0.2, 0) is 23.9 Å². The van der Waals surface area contributed by atoms with Crippen molar-refractivity contribution in [1.82, 2.24) is 20.9 Å². The maximum Gasteiger partial charge on any atom is 0.328 e. The first-order valence-electron chi connectivity index (χ1n) is 14.3. The smallest absolute Gasteiger partial charge is 0.328 e. The maximum atomic E-state index is 13.2. The van der Waals surface area contributed by atoms with Crippen molar-refractivity contribution in [3.63, 3.8) is 0 Å². The number of esters is 1. The van der Waals surface area contributed by atoms with Crippen molar-refractivity contribution in [3.05, 3.63) is 53.6 Å². The lowest BCUT2D eigenvalue weighted by Crippen LogP contribution is -2.57. The normalized spacial score (nSPS) is 15.0. The summed E-state index contributed by atoms with van der Waals surface area (Å²) >= 11 is 0. The monoisotopic (exact) mass is 626 g/mol. The van der Waals surface area contributed by atoms with E-state index in [-0.39, 0.29) is 48.0 Å². The highest BCUT2D eigenvalue weighted by Gasteiger charge is 2.37. The van der Waals surface area contributed by atoms with Crippen molar-refractivity contribution < 1.29 is 47.7 Å². The number of nitrogens with one attached hydrogen (secondary N) is 3. The first-order valence-corrected chi connectivity index (χ1v) is 14.3. The van der Waals surface area contributed by atoms with E-state index in [1.54, 1.807) is 24.3 Å². The van der Waals surface area contributed by atoms with Crippen LogP contribution in [0, 0.1) is 0 Å². The van der Waals surface area contributed by atoms with Gasteiger partial charge < -0.3 is 34.9 Å². The average molecular weight is 627 g/mol. The number of nitrogens with zero attached hydrogens (tertiary/aromatic N) is 1. The van der Waals surface area contributed by atoms with Gasteiger partial charge in [0.15, 0.2) is 11.5 Å². The number of hydrogen-bond donors (Lipinski definition) is 3. The summed E-state index contributed by atoms with van der Waals surface area (Å²) in [6.07, 6.45) is 1.14. The van der Waals surface area contributed by atoms with Crippen LogP contribution in [0.1, 0.15) is 52.8 Å². The molecule has 1 fully saturated rings. The topological polar surface area (TPSA) is 179 Å². The molecule has 0 saturated carbocycles. The van der Waals surface area contributed by atoms with Crippen molar-refractivity contribution in [2.75, 3.05) is 41.5 Å². The SMILES string of the molecule is COC(=O)[C@H](CCCCNC(=O)c1ccccc1)NC(=O)CN1C(=O)CC[C@H](NC(=O)c2cc(OC)c(OC)c(OC)c2)C1=O. The summed E-state index contributed by atoms with van der Waals surface area (Å²) < 4.78 is 20.6. The molecule has 45 heavy (non-hydrogen) atoms. The molecule has 3 N–H and O–H groups in total. The Morgan fingerprint density at radius 1 is 0.889 bits per heavy atom. The molecule has 1 saturated heterocycles. The number of carbonyl (C=O) groups excluding carboxylic acids is 6. The minimum absolute atomic E-state index is 0.0392. The first kappa shape index (κ1) is 34.4. The van der Waals surface area contributed by atoms with E-state index in [9.17, 15) is 28.8 Å². The zero-order valence-electron chi connectivity index (χ0n) is 25.7. The molecule has 242 valence electrons. The average Bonchev–Trinajstić information content (AvgIpc) is 3.06. The highest BCUT2D eigenvalue weighted by atomic mass is 16.5. The third kappa shape index (κ3) is 9.17. The summed E-state index contributed by atoms with van der Waals surface area (Å²) in [6, 6.07) is 9.46. The van der Waals surface area contributed by atoms with E-state index in [2.05, 4.69) is 16.0 Å². The predicted molar refractivity (Wildman–Crippen MR) is 160 cm³/mol. The van der Waals surface area contributed by atoms with E-state index >= 15 is 0 Å². The van der Waals surface area contributed by atoms with Gasteiger partial charge in [0.05, 0.1) is 28.4 Å². The summed E-state index contributed by atoms with van der Waals surface area (Å²) in [4.78, 5) is 77.0. The van der Waals surface area contributed by atoms with Gasteiger partial charge in [-0.2, -0.15) is 0 Å². The number of methoxy groups -OCH3 is 4. The van der Waals surface area contributed by atoms with Gasteiger partial charge in [-0.15, -0.1) is 0 Å². The van der Waals surface area contributed by atoms with Crippen molar-refractivity contribution in [2.24, 2.45) is 0 Å². The summed E-state index contributed by atoms with van der Waals surface area (Å²) in [5.41, 5.74) is 0.654. The molecule has 1 aliphatic rings. The van der Waals surface area contributed by atoms with Gasteiger partial charge in [-0.3, -0.25) is 28.9 Å². The van der Waals surface area contributed by atoms with Gasteiger partial charge in [-0.25, -0.2) is 4.79 Å². The first-order chi connectivity index (χ1) is 21.6. The third-order valence-electron chi connectivity index (χ3n) is 7.11. The lowest BCUT2D eigenvalue weighted by Gasteiger charge is -2.31. The van der Waals surface area contributed by atoms with E-state index < -0.39 is 48.2 Å². The molecule has 1 aliphatic heterocycles. The predicted octanol–water partition coefficient (Wildman–Crippen LogP) is 1.22. The number of carbonyl (C=O) groups is 6. The second-order valence-electron chi connectivity index (χ2n) is 10.1. The molecular weight excluding hydrogens is 588 g/mol. The second kappa shape index (κ2) is 16.6. The molecule has 5 amide bonds. The van der Waals surface area contributed by atoms with Gasteiger partial charge in [0, 0.05) is 24.1 Å². The fourth-order valence-corrected chi connectivity index (χ4v) is 4.73. The Morgan fingerprint density at radius 2 is 1.56 bits per heavy atom. The highest BCUT2D eigenvalue weighted by Crippen LogP contribution is 2.38. The Hall–Kier alpha value is -5.14.